The maximum absolute atomic E-state index is 12.7. The van der Waals surface area contributed by atoms with E-state index in [1.807, 2.05) is 12.3 Å². The lowest BCUT2D eigenvalue weighted by molar-refractivity contribution is -0.183. The molecule has 114 valence electrons. The Labute approximate surface area is 118 Å². The molecule has 2 nitrogen and oxygen atoms in total. The lowest BCUT2D eigenvalue weighted by Crippen LogP contribution is -2.38. The Kier molecular flexibility index (Phi) is 5.13. The second kappa shape index (κ2) is 6.66. The van der Waals surface area contributed by atoms with Gasteiger partial charge in [0.05, 0.1) is 5.92 Å². The quantitative estimate of drug-likeness (QED) is 0.863. The number of aromatic nitrogens is 1. The van der Waals surface area contributed by atoms with E-state index in [2.05, 4.69) is 23.0 Å². The van der Waals surface area contributed by atoms with Crippen molar-refractivity contribution in [2.45, 2.75) is 64.3 Å². The Hall–Kier alpha value is -0.970. The molecule has 1 saturated carbocycles. The van der Waals surface area contributed by atoms with Crippen molar-refractivity contribution in [3.8, 4) is 0 Å². The first-order valence-corrected chi connectivity index (χ1v) is 7.43. The van der Waals surface area contributed by atoms with E-state index in [-0.39, 0.29) is 18.9 Å². The first kappa shape index (κ1) is 15.4. The smallest absolute Gasteiger partial charge is 0.354 e. The van der Waals surface area contributed by atoms with Crippen molar-refractivity contribution in [1.29, 1.82) is 0 Å². The number of hydrogen-bond acceptors (Lipinski definition) is 1. The predicted molar refractivity (Wildman–Crippen MR) is 73.4 cm³/mol. The SMILES string of the molecule is CCCn1ccc(CNC2CCCC(C(F)(F)F)C2)c1. The number of nitrogens with one attached hydrogen (secondary N) is 1. The zero-order valence-corrected chi connectivity index (χ0v) is 11.9. The van der Waals surface area contributed by atoms with Crippen molar-refractivity contribution in [2.24, 2.45) is 5.92 Å². The zero-order chi connectivity index (χ0) is 14.6. The zero-order valence-electron chi connectivity index (χ0n) is 11.9. The molecule has 1 fully saturated rings. The van der Waals surface area contributed by atoms with E-state index in [9.17, 15) is 13.2 Å². The Bertz CT molecular complexity index is 411. The number of nitrogens with zero attached hydrogens (tertiary/aromatic N) is 1. The van der Waals surface area contributed by atoms with Crippen LogP contribution in [0.3, 0.4) is 0 Å². The molecule has 1 heterocycles. The van der Waals surface area contributed by atoms with Crippen molar-refractivity contribution in [3.05, 3.63) is 24.0 Å². The van der Waals surface area contributed by atoms with Crippen LogP contribution in [0.15, 0.2) is 18.5 Å². The molecular formula is C15H23F3N2. The van der Waals surface area contributed by atoms with Crippen molar-refractivity contribution in [1.82, 2.24) is 9.88 Å². The maximum atomic E-state index is 12.7. The van der Waals surface area contributed by atoms with Gasteiger partial charge < -0.3 is 9.88 Å². The summed E-state index contributed by atoms with van der Waals surface area (Å²) in [7, 11) is 0. The Morgan fingerprint density at radius 1 is 1.35 bits per heavy atom. The van der Waals surface area contributed by atoms with Gasteiger partial charge in [-0.2, -0.15) is 13.2 Å². The minimum atomic E-state index is -4.04. The summed E-state index contributed by atoms with van der Waals surface area (Å²) in [5, 5.41) is 3.28. The largest absolute Gasteiger partial charge is 0.391 e. The molecule has 1 aromatic heterocycles. The first-order chi connectivity index (χ1) is 9.49. The third-order valence-corrected chi connectivity index (χ3v) is 4.03. The van der Waals surface area contributed by atoms with Crippen LogP contribution in [0.1, 0.15) is 44.6 Å². The molecule has 0 aromatic carbocycles. The van der Waals surface area contributed by atoms with Crippen molar-refractivity contribution < 1.29 is 13.2 Å². The summed E-state index contributed by atoms with van der Waals surface area (Å²) in [5.41, 5.74) is 1.15. The molecule has 1 aromatic rings. The fourth-order valence-corrected chi connectivity index (χ4v) is 2.93. The number of hydrogen-bond donors (Lipinski definition) is 1. The highest BCUT2D eigenvalue weighted by Gasteiger charge is 2.41. The number of aryl methyl sites for hydroxylation is 1. The summed E-state index contributed by atoms with van der Waals surface area (Å²) >= 11 is 0. The maximum Gasteiger partial charge on any atom is 0.391 e. The van der Waals surface area contributed by atoms with Crippen LogP contribution in [0.4, 0.5) is 13.2 Å². The second-order valence-corrected chi connectivity index (χ2v) is 5.74. The molecule has 0 saturated heterocycles. The van der Waals surface area contributed by atoms with Crippen LogP contribution in [-0.2, 0) is 13.1 Å². The van der Waals surface area contributed by atoms with E-state index in [1.54, 1.807) is 0 Å². The molecule has 20 heavy (non-hydrogen) atoms. The monoisotopic (exact) mass is 288 g/mol. The molecule has 2 unspecified atom stereocenters. The van der Waals surface area contributed by atoms with E-state index < -0.39 is 12.1 Å². The van der Waals surface area contributed by atoms with Gasteiger partial charge in [0.2, 0.25) is 0 Å². The van der Waals surface area contributed by atoms with E-state index in [0.29, 0.717) is 13.0 Å². The molecule has 0 amide bonds. The van der Waals surface area contributed by atoms with Gasteiger partial charge in [-0.3, -0.25) is 0 Å². The summed E-state index contributed by atoms with van der Waals surface area (Å²) in [6.45, 7) is 3.77. The van der Waals surface area contributed by atoms with Crippen molar-refractivity contribution in [3.63, 3.8) is 0 Å². The number of halogens is 3. The van der Waals surface area contributed by atoms with Gasteiger partial charge in [-0.1, -0.05) is 13.3 Å². The molecule has 0 bridgehead atoms. The van der Waals surface area contributed by atoms with Gasteiger partial charge in [0, 0.05) is 31.5 Å². The molecule has 0 radical (unpaired) electrons. The van der Waals surface area contributed by atoms with E-state index in [1.165, 1.54) is 0 Å². The van der Waals surface area contributed by atoms with Crippen LogP contribution in [0.25, 0.3) is 0 Å². The molecule has 1 aliphatic rings. The molecule has 1 aliphatic carbocycles. The molecule has 1 N–H and O–H groups in total. The van der Waals surface area contributed by atoms with E-state index in [0.717, 1.165) is 24.9 Å². The van der Waals surface area contributed by atoms with E-state index >= 15 is 0 Å². The van der Waals surface area contributed by atoms with Gasteiger partial charge in [0.25, 0.3) is 0 Å². The average molecular weight is 288 g/mol. The third-order valence-electron chi connectivity index (χ3n) is 4.03. The summed E-state index contributed by atoms with van der Waals surface area (Å²) in [6, 6.07) is 2.03. The summed E-state index contributed by atoms with van der Waals surface area (Å²) in [4.78, 5) is 0. The normalized spacial score (nSPS) is 24.0. The van der Waals surface area contributed by atoms with Crippen LogP contribution >= 0.6 is 0 Å². The molecule has 0 aliphatic heterocycles. The Balaban J connectivity index is 1.81. The van der Waals surface area contributed by atoms with Gasteiger partial charge in [0.15, 0.2) is 0 Å². The number of rotatable bonds is 5. The lowest BCUT2D eigenvalue weighted by Gasteiger charge is -2.31. The summed E-state index contributed by atoms with van der Waals surface area (Å²) in [5.74, 6) is -1.13. The Morgan fingerprint density at radius 3 is 2.85 bits per heavy atom. The fourth-order valence-electron chi connectivity index (χ4n) is 2.93. The van der Waals surface area contributed by atoms with E-state index in [4.69, 9.17) is 0 Å². The molecule has 2 atom stereocenters. The molecule has 2 rings (SSSR count). The highest BCUT2D eigenvalue weighted by atomic mass is 19.4. The van der Waals surface area contributed by atoms with Crippen LogP contribution in [0, 0.1) is 5.92 Å². The van der Waals surface area contributed by atoms with Crippen LogP contribution in [0.5, 0.6) is 0 Å². The van der Waals surface area contributed by atoms with Gasteiger partial charge >= 0.3 is 6.18 Å². The standard InChI is InChI=1S/C15H23F3N2/c1-2-7-20-8-6-12(11-20)10-19-14-5-3-4-13(9-14)15(16,17)18/h6,8,11,13-14,19H,2-5,7,9-10H2,1H3. The highest BCUT2D eigenvalue weighted by molar-refractivity contribution is 5.10. The third kappa shape index (κ3) is 4.27. The lowest BCUT2D eigenvalue weighted by atomic mass is 9.85. The van der Waals surface area contributed by atoms with Crippen molar-refractivity contribution >= 4 is 0 Å². The van der Waals surface area contributed by atoms with Gasteiger partial charge in [-0.25, -0.2) is 0 Å². The van der Waals surface area contributed by atoms with Crippen LogP contribution in [0.2, 0.25) is 0 Å². The highest BCUT2D eigenvalue weighted by Crippen LogP contribution is 2.37. The van der Waals surface area contributed by atoms with Gasteiger partial charge in [-0.05, 0) is 37.3 Å². The van der Waals surface area contributed by atoms with Crippen LogP contribution < -0.4 is 5.32 Å². The summed E-state index contributed by atoms with van der Waals surface area (Å²) < 4.78 is 40.3. The molecule has 5 heteroatoms. The second-order valence-electron chi connectivity index (χ2n) is 5.74. The molecule has 0 spiro atoms. The minimum absolute atomic E-state index is 0.00935. The Morgan fingerprint density at radius 2 is 2.15 bits per heavy atom. The molecular weight excluding hydrogens is 265 g/mol. The minimum Gasteiger partial charge on any atom is -0.354 e. The van der Waals surface area contributed by atoms with Gasteiger partial charge in [0.1, 0.15) is 0 Å². The average Bonchev–Trinajstić information content (AvgIpc) is 2.84. The van der Waals surface area contributed by atoms with Gasteiger partial charge in [-0.15, -0.1) is 0 Å². The predicted octanol–water partition coefficient (Wildman–Crippen LogP) is 4.11. The van der Waals surface area contributed by atoms with Crippen molar-refractivity contribution in [2.75, 3.05) is 0 Å². The number of alkyl halides is 3. The summed E-state index contributed by atoms with van der Waals surface area (Å²) in [6.07, 6.45) is 3.16. The topological polar surface area (TPSA) is 17.0 Å². The fraction of sp³-hybridized carbons (Fsp3) is 0.733. The van der Waals surface area contributed by atoms with Crippen LogP contribution in [-0.4, -0.2) is 16.8 Å². The first-order valence-electron chi connectivity index (χ1n) is 7.43.